The van der Waals surface area contributed by atoms with Crippen LogP contribution in [-0.2, 0) is 11.3 Å². The molecule has 0 atom stereocenters. The molecule has 17 heavy (non-hydrogen) atoms. The number of carbonyl (C=O) groups is 1. The lowest BCUT2D eigenvalue weighted by molar-refractivity contribution is -0.120. The molecular formula is C12H17BrN2O2. The third-order valence-corrected chi connectivity index (χ3v) is 2.97. The first-order valence-electron chi connectivity index (χ1n) is 5.39. The van der Waals surface area contributed by atoms with Crippen molar-refractivity contribution in [3.8, 4) is 5.75 Å². The van der Waals surface area contributed by atoms with E-state index in [4.69, 9.17) is 0 Å². The Morgan fingerprint density at radius 2 is 2.24 bits per heavy atom. The van der Waals surface area contributed by atoms with Gasteiger partial charge in [0.2, 0.25) is 5.91 Å². The summed E-state index contributed by atoms with van der Waals surface area (Å²) in [7, 11) is 3.55. The number of amides is 1. The minimum atomic E-state index is 0.0234. The van der Waals surface area contributed by atoms with Crippen molar-refractivity contribution >= 4 is 21.8 Å². The average Bonchev–Trinajstić information content (AvgIpc) is 2.30. The van der Waals surface area contributed by atoms with Crippen LogP contribution in [0.25, 0.3) is 0 Å². The molecule has 2 N–H and O–H groups in total. The Hall–Kier alpha value is -1.07. The van der Waals surface area contributed by atoms with E-state index in [9.17, 15) is 9.90 Å². The van der Waals surface area contributed by atoms with E-state index in [0.29, 0.717) is 19.5 Å². The van der Waals surface area contributed by atoms with E-state index < -0.39 is 0 Å². The molecule has 0 saturated heterocycles. The largest absolute Gasteiger partial charge is 0.508 e. The molecule has 94 valence electrons. The molecule has 0 fully saturated rings. The summed E-state index contributed by atoms with van der Waals surface area (Å²) in [4.78, 5) is 13.1. The third kappa shape index (κ3) is 4.75. The maximum atomic E-state index is 11.1. The van der Waals surface area contributed by atoms with Crippen molar-refractivity contribution < 1.29 is 9.90 Å². The molecule has 0 aromatic heterocycles. The zero-order valence-corrected chi connectivity index (χ0v) is 11.6. The van der Waals surface area contributed by atoms with E-state index in [-0.39, 0.29) is 11.7 Å². The van der Waals surface area contributed by atoms with Crippen molar-refractivity contribution in [3.63, 3.8) is 0 Å². The smallest absolute Gasteiger partial charge is 0.221 e. The molecule has 0 heterocycles. The van der Waals surface area contributed by atoms with Crippen LogP contribution in [0.3, 0.4) is 0 Å². The average molecular weight is 301 g/mol. The van der Waals surface area contributed by atoms with Gasteiger partial charge in [-0.25, -0.2) is 0 Å². The molecule has 1 aromatic carbocycles. The normalized spacial score (nSPS) is 10.6. The monoisotopic (exact) mass is 300 g/mol. The fourth-order valence-electron chi connectivity index (χ4n) is 1.47. The van der Waals surface area contributed by atoms with Gasteiger partial charge in [0.15, 0.2) is 0 Å². The van der Waals surface area contributed by atoms with Gasteiger partial charge in [-0.05, 0) is 25.2 Å². The maximum Gasteiger partial charge on any atom is 0.221 e. The van der Waals surface area contributed by atoms with Gasteiger partial charge in [0.1, 0.15) is 5.75 Å². The first-order valence-corrected chi connectivity index (χ1v) is 6.18. The van der Waals surface area contributed by atoms with Crippen LogP contribution in [-0.4, -0.2) is 36.6 Å². The predicted octanol–water partition coefficient (Wildman–Crippen LogP) is 1.72. The van der Waals surface area contributed by atoms with Crippen molar-refractivity contribution in [3.05, 3.63) is 28.2 Å². The predicted molar refractivity (Wildman–Crippen MR) is 70.8 cm³/mol. The second-order valence-electron chi connectivity index (χ2n) is 3.93. The number of rotatable bonds is 5. The zero-order chi connectivity index (χ0) is 12.8. The summed E-state index contributed by atoms with van der Waals surface area (Å²) in [6, 6.07) is 5.33. The Labute approximate surface area is 110 Å². The van der Waals surface area contributed by atoms with Crippen LogP contribution in [0.2, 0.25) is 0 Å². The molecular weight excluding hydrogens is 284 g/mol. The molecule has 0 saturated carbocycles. The Kier molecular flexibility index (Phi) is 5.44. The Bertz CT molecular complexity index is 396. The molecule has 0 spiro atoms. The van der Waals surface area contributed by atoms with Crippen LogP contribution in [0.4, 0.5) is 0 Å². The quantitative estimate of drug-likeness (QED) is 0.871. The van der Waals surface area contributed by atoms with Crippen LogP contribution in [0, 0.1) is 0 Å². The Morgan fingerprint density at radius 1 is 1.53 bits per heavy atom. The molecule has 4 nitrogen and oxygen atoms in total. The number of carbonyl (C=O) groups excluding carboxylic acids is 1. The molecule has 0 radical (unpaired) electrons. The Balaban J connectivity index is 2.52. The van der Waals surface area contributed by atoms with Crippen LogP contribution in [0.15, 0.2) is 22.7 Å². The van der Waals surface area contributed by atoms with Crippen LogP contribution < -0.4 is 5.32 Å². The van der Waals surface area contributed by atoms with Crippen LogP contribution in [0.1, 0.15) is 12.0 Å². The van der Waals surface area contributed by atoms with Gasteiger partial charge in [-0.1, -0.05) is 15.9 Å². The van der Waals surface area contributed by atoms with Crippen molar-refractivity contribution in [1.29, 1.82) is 0 Å². The number of halogens is 1. The lowest BCUT2D eigenvalue weighted by atomic mass is 10.2. The van der Waals surface area contributed by atoms with E-state index in [0.717, 1.165) is 10.0 Å². The zero-order valence-electron chi connectivity index (χ0n) is 10.0. The minimum Gasteiger partial charge on any atom is -0.508 e. The van der Waals surface area contributed by atoms with Gasteiger partial charge in [-0.15, -0.1) is 0 Å². The van der Waals surface area contributed by atoms with Gasteiger partial charge in [0, 0.05) is 36.6 Å². The fraction of sp³-hybridized carbons (Fsp3) is 0.417. The number of phenols is 1. The number of phenolic OH excluding ortho intramolecular Hbond substituents is 1. The van der Waals surface area contributed by atoms with Crippen LogP contribution in [0.5, 0.6) is 5.75 Å². The fourth-order valence-corrected chi connectivity index (χ4v) is 1.88. The lowest BCUT2D eigenvalue weighted by Gasteiger charge is -2.17. The van der Waals surface area contributed by atoms with Gasteiger partial charge < -0.3 is 15.3 Å². The first kappa shape index (κ1) is 14.0. The summed E-state index contributed by atoms with van der Waals surface area (Å²) in [5.74, 6) is 0.301. The van der Waals surface area contributed by atoms with E-state index in [1.165, 1.54) is 0 Å². The summed E-state index contributed by atoms with van der Waals surface area (Å²) in [5, 5.41) is 12.3. The molecule has 0 aliphatic rings. The van der Waals surface area contributed by atoms with E-state index >= 15 is 0 Å². The van der Waals surface area contributed by atoms with Crippen molar-refractivity contribution in [2.45, 2.75) is 13.0 Å². The molecule has 1 aromatic rings. The second kappa shape index (κ2) is 6.61. The van der Waals surface area contributed by atoms with Crippen molar-refractivity contribution in [1.82, 2.24) is 10.2 Å². The van der Waals surface area contributed by atoms with Crippen molar-refractivity contribution in [2.24, 2.45) is 0 Å². The maximum absolute atomic E-state index is 11.1. The molecule has 0 unspecified atom stereocenters. The van der Waals surface area contributed by atoms with E-state index in [2.05, 4.69) is 21.2 Å². The highest BCUT2D eigenvalue weighted by molar-refractivity contribution is 9.10. The summed E-state index contributed by atoms with van der Waals surface area (Å²) in [6.45, 7) is 1.27. The number of aromatic hydroxyl groups is 1. The van der Waals surface area contributed by atoms with Gasteiger partial charge >= 0.3 is 0 Å². The molecule has 0 bridgehead atoms. The highest BCUT2D eigenvalue weighted by atomic mass is 79.9. The lowest BCUT2D eigenvalue weighted by Crippen LogP contribution is -2.26. The van der Waals surface area contributed by atoms with Gasteiger partial charge in [0.25, 0.3) is 0 Å². The SMILES string of the molecule is CNC(=O)CCN(C)Cc1cc(Br)ccc1O. The molecule has 0 aliphatic heterocycles. The van der Waals surface area contributed by atoms with Crippen molar-refractivity contribution in [2.75, 3.05) is 20.6 Å². The number of nitrogens with one attached hydrogen (secondary N) is 1. The van der Waals surface area contributed by atoms with Gasteiger partial charge in [-0.3, -0.25) is 4.79 Å². The van der Waals surface area contributed by atoms with Gasteiger partial charge in [-0.2, -0.15) is 0 Å². The summed E-state index contributed by atoms with van der Waals surface area (Å²) in [6.07, 6.45) is 0.460. The van der Waals surface area contributed by atoms with E-state index in [1.54, 1.807) is 19.2 Å². The van der Waals surface area contributed by atoms with E-state index in [1.807, 2.05) is 18.0 Å². The third-order valence-electron chi connectivity index (χ3n) is 2.48. The van der Waals surface area contributed by atoms with Crippen LogP contribution >= 0.6 is 15.9 Å². The second-order valence-corrected chi connectivity index (χ2v) is 4.85. The number of nitrogens with zero attached hydrogens (tertiary/aromatic N) is 1. The standard InChI is InChI=1S/C12H17BrN2O2/c1-14-12(17)5-6-15(2)8-9-7-10(13)3-4-11(9)16/h3-4,7,16H,5-6,8H2,1-2H3,(H,14,17). The number of hydrogen-bond acceptors (Lipinski definition) is 3. The highest BCUT2D eigenvalue weighted by Gasteiger charge is 2.07. The highest BCUT2D eigenvalue weighted by Crippen LogP contribution is 2.22. The van der Waals surface area contributed by atoms with Gasteiger partial charge in [0.05, 0.1) is 0 Å². The molecule has 1 rings (SSSR count). The molecule has 0 aliphatic carbocycles. The number of hydrogen-bond donors (Lipinski definition) is 2. The summed E-state index contributed by atoms with van der Waals surface area (Å²) >= 11 is 3.37. The topological polar surface area (TPSA) is 52.6 Å². The Morgan fingerprint density at radius 3 is 2.88 bits per heavy atom. The molecule has 1 amide bonds. The number of benzene rings is 1. The summed E-state index contributed by atoms with van der Waals surface area (Å²) < 4.78 is 0.935. The first-order chi connectivity index (χ1) is 8.02. The molecule has 5 heteroatoms. The summed E-state index contributed by atoms with van der Waals surface area (Å²) in [5.41, 5.74) is 0.846. The minimum absolute atomic E-state index is 0.0234.